The topological polar surface area (TPSA) is 125 Å². The molecule has 0 spiro atoms. The Morgan fingerprint density at radius 3 is 2.57 bits per heavy atom. The van der Waals surface area contributed by atoms with Crippen LogP contribution in [0.5, 0.6) is 5.75 Å². The van der Waals surface area contributed by atoms with Crippen molar-refractivity contribution in [1.29, 1.82) is 0 Å². The van der Waals surface area contributed by atoms with Gasteiger partial charge in [-0.1, -0.05) is 30.3 Å². The number of nitrogens with two attached hydrogens (primary N) is 1. The zero-order chi connectivity index (χ0) is 20.3. The molecule has 0 unspecified atom stereocenters. The first-order valence-electron chi connectivity index (χ1n) is 8.58. The molecule has 0 saturated heterocycles. The van der Waals surface area contributed by atoms with Crippen LogP contribution in [0, 0.1) is 0 Å². The zero-order valence-electron chi connectivity index (χ0n) is 15.2. The summed E-state index contributed by atoms with van der Waals surface area (Å²) in [6.07, 6.45) is -1.08. The lowest BCUT2D eigenvalue weighted by Gasteiger charge is -2.15. The summed E-state index contributed by atoms with van der Waals surface area (Å²) in [5.74, 6) is -0.447. The molecule has 0 aliphatic carbocycles. The molecule has 3 rings (SSSR count). The van der Waals surface area contributed by atoms with Crippen molar-refractivity contribution in [2.24, 2.45) is 5.73 Å². The lowest BCUT2D eigenvalue weighted by Crippen LogP contribution is -2.34. The monoisotopic (exact) mass is 381 g/mol. The van der Waals surface area contributed by atoms with Gasteiger partial charge in [0, 0.05) is 10.9 Å². The van der Waals surface area contributed by atoms with Gasteiger partial charge in [-0.15, -0.1) is 0 Å². The molecule has 0 saturated carbocycles. The number of Topliss-reactive ketones (excluding diaryl/α,β-unsaturated/α-hetero) is 1. The van der Waals surface area contributed by atoms with Crippen molar-refractivity contribution < 1.29 is 19.4 Å². The maximum Gasteiger partial charge on any atom is 0.274 e. The molecule has 0 fully saturated rings. The van der Waals surface area contributed by atoms with Gasteiger partial charge in [-0.2, -0.15) is 5.10 Å². The number of rotatable bonds is 7. The minimum atomic E-state index is -1.08. The molecule has 1 heterocycles. The van der Waals surface area contributed by atoms with Gasteiger partial charge in [-0.3, -0.25) is 14.4 Å². The molecular weight excluding hydrogens is 362 g/mol. The number of fused-ring (bicyclic) bond motifs is 1. The van der Waals surface area contributed by atoms with Crippen molar-refractivity contribution in [2.45, 2.75) is 19.6 Å². The van der Waals surface area contributed by atoms with E-state index in [9.17, 15) is 19.5 Å². The van der Waals surface area contributed by atoms with E-state index in [1.807, 2.05) is 0 Å². The number of nitrogens with zero attached hydrogens (tertiary/aromatic N) is 2. The fourth-order valence-corrected chi connectivity index (χ4v) is 2.79. The Kier molecular flexibility index (Phi) is 5.51. The highest BCUT2D eigenvalue weighted by Crippen LogP contribution is 2.15. The number of aliphatic hydroxyl groups is 1. The number of hydrogen-bond donors (Lipinski definition) is 2. The predicted molar refractivity (Wildman–Crippen MR) is 102 cm³/mol. The summed E-state index contributed by atoms with van der Waals surface area (Å²) in [5, 5.41) is 14.9. The zero-order valence-corrected chi connectivity index (χ0v) is 15.2. The number of carbonyl (C=O) groups is 2. The Morgan fingerprint density at radius 2 is 1.89 bits per heavy atom. The summed E-state index contributed by atoms with van der Waals surface area (Å²) in [6, 6.07) is 13.1. The van der Waals surface area contributed by atoms with Gasteiger partial charge >= 0.3 is 0 Å². The third-order valence-corrected chi connectivity index (χ3v) is 4.17. The number of primary amides is 1. The standard InChI is InChI=1S/C20H19N3O5/c1-12(24)13-5-4-6-15(9-13)28-11-14(25)10-23-20(27)17-8-3-2-7-16(17)18(22-23)19(21)26/h2-9,14,25H,10-11H2,1H3,(H2,21,26)/t14-/m0/s1. The predicted octanol–water partition coefficient (Wildman–Crippen LogP) is 1.14. The van der Waals surface area contributed by atoms with Gasteiger partial charge in [0.05, 0.1) is 11.9 Å². The van der Waals surface area contributed by atoms with Gasteiger partial charge in [0.25, 0.3) is 11.5 Å². The molecule has 0 aliphatic heterocycles. The second-order valence-corrected chi connectivity index (χ2v) is 6.29. The molecule has 1 aromatic heterocycles. The summed E-state index contributed by atoms with van der Waals surface area (Å²) < 4.78 is 6.50. The lowest BCUT2D eigenvalue weighted by atomic mass is 10.1. The highest BCUT2D eigenvalue weighted by molar-refractivity contribution is 6.03. The second kappa shape index (κ2) is 8.01. The van der Waals surface area contributed by atoms with Crippen LogP contribution < -0.4 is 16.0 Å². The molecule has 144 valence electrons. The molecule has 8 nitrogen and oxygen atoms in total. The Bertz CT molecular complexity index is 1110. The fourth-order valence-electron chi connectivity index (χ4n) is 2.79. The number of amides is 1. The number of carbonyl (C=O) groups excluding carboxylic acids is 2. The van der Waals surface area contributed by atoms with Crippen molar-refractivity contribution in [3.63, 3.8) is 0 Å². The van der Waals surface area contributed by atoms with E-state index in [2.05, 4.69) is 5.10 Å². The first-order chi connectivity index (χ1) is 13.4. The van der Waals surface area contributed by atoms with E-state index in [0.717, 1.165) is 4.68 Å². The summed E-state index contributed by atoms with van der Waals surface area (Å²) in [6.45, 7) is 1.13. The van der Waals surface area contributed by atoms with E-state index >= 15 is 0 Å². The number of aromatic nitrogens is 2. The summed E-state index contributed by atoms with van der Waals surface area (Å²) >= 11 is 0. The van der Waals surface area contributed by atoms with Crippen molar-refractivity contribution in [2.75, 3.05) is 6.61 Å². The molecule has 1 amide bonds. The highest BCUT2D eigenvalue weighted by atomic mass is 16.5. The third kappa shape index (κ3) is 4.07. The van der Waals surface area contributed by atoms with Crippen LogP contribution in [0.15, 0.2) is 53.3 Å². The summed E-state index contributed by atoms with van der Waals surface area (Å²) in [4.78, 5) is 35.7. The van der Waals surface area contributed by atoms with Crippen LogP contribution in [0.3, 0.4) is 0 Å². The van der Waals surface area contributed by atoms with E-state index in [1.54, 1.807) is 48.5 Å². The van der Waals surface area contributed by atoms with Crippen molar-refractivity contribution in [1.82, 2.24) is 9.78 Å². The normalized spacial score (nSPS) is 11.9. The van der Waals surface area contributed by atoms with Gasteiger partial charge in [0.2, 0.25) is 0 Å². The summed E-state index contributed by atoms with van der Waals surface area (Å²) in [5.41, 5.74) is 5.37. The van der Waals surface area contributed by atoms with Crippen LogP contribution in [-0.4, -0.2) is 39.3 Å². The second-order valence-electron chi connectivity index (χ2n) is 6.29. The van der Waals surface area contributed by atoms with Crippen molar-refractivity contribution in [3.05, 3.63) is 70.1 Å². The molecule has 8 heteroatoms. The number of ketones is 1. The first-order valence-corrected chi connectivity index (χ1v) is 8.58. The molecule has 2 aromatic carbocycles. The Hall–Kier alpha value is -3.52. The van der Waals surface area contributed by atoms with Gasteiger partial charge < -0.3 is 15.6 Å². The molecule has 1 atom stereocenters. The average Bonchev–Trinajstić information content (AvgIpc) is 2.68. The lowest BCUT2D eigenvalue weighted by molar-refractivity contribution is 0.0870. The molecule has 3 N–H and O–H groups in total. The van der Waals surface area contributed by atoms with E-state index < -0.39 is 17.6 Å². The minimum Gasteiger partial charge on any atom is -0.491 e. The van der Waals surface area contributed by atoms with E-state index in [1.165, 1.54) is 6.92 Å². The largest absolute Gasteiger partial charge is 0.491 e. The first kappa shape index (κ1) is 19.2. The van der Waals surface area contributed by atoms with Crippen LogP contribution in [0.25, 0.3) is 10.8 Å². The van der Waals surface area contributed by atoms with Crippen LogP contribution >= 0.6 is 0 Å². The molecular formula is C20H19N3O5. The van der Waals surface area contributed by atoms with Crippen LogP contribution in [0.1, 0.15) is 27.8 Å². The van der Waals surface area contributed by atoms with Gasteiger partial charge in [-0.05, 0) is 25.1 Å². The number of hydrogen-bond acceptors (Lipinski definition) is 6. The quantitative estimate of drug-likeness (QED) is 0.591. The average molecular weight is 381 g/mol. The molecule has 3 aromatic rings. The van der Waals surface area contributed by atoms with Crippen LogP contribution in [0.4, 0.5) is 0 Å². The maximum absolute atomic E-state index is 12.6. The maximum atomic E-state index is 12.6. The molecule has 28 heavy (non-hydrogen) atoms. The van der Waals surface area contributed by atoms with Gasteiger partial charge in [0.1, 0.15) is 18.5 Å². The highest BCUT2D eigenvalue weighted by Gasteiger charge is 2.16. The summed E-state index contributed by atoms with van der Waals surface area (Å²) in [7, 11) is 0. The van der Waals surface area contributed by atoms with E-state index in [4.69, 9.17) is 10.5 Å². The molecule has 0 bridgehead atoms. The van der Waals surface area contributed by atoms with Crippen molar-refractivity contribution in [3.8, 4) is 5.75 Å². The molecule has 0 radical (unpaired) electrons. The Labute approximate surface area is 160 Å². The molecule has 0 aliphatic rings. The van der Waals surface area contributed by atoms with Gasteiger partial charge in [-0.25, -0.2) is 4.68 Å². The number of benzene rings is 2. The van der Waals surface area contributed by atoms with E-state index in [0.29, 0.717) is 16.7 Å². The van der Waals surface area contributed by atoms with Crippen LogP contribution in [0.2, 0.25) is 0 Å². The Morgan fingerprint density at radius 1 is 1.18 bits per heavy atom. The van der Waals surface area contributed by atoms with Gasteiger partial charge in [0.15, 0.2) is 11.5 Å². The van der Waals surface area contributed by atoms with Crippen molar-refractivity contribution >= 4 is 22.5 Å². The number of ether oxygens (including phenoxy) is 1. The van der Waals surface area contributed by atoms with Crippen LogP contribution in [-0.2, 0) is 6.54 Å². The smallest absolute Gasteiger partial charge is 0.274 e. The minimum absolute atomic E-state index is 0.0440. The fraction of sp³-hybridized carbons (Fsp3) is 0.200. The Balaban J connectivity index is 1.80. The third-order valence-electron chi connectivity index (χ3n) is 4.17. The van der Waals surface area contributed by atoms with E-state index in [-0.39, 0.29) is 30.0 Å². The SMILES string of the molecule is CC(=O)c1cccc(OC[C@@H](O)Cn2nc(C(N)=O)c3ccccc3c2=O)c1. The number of aliphatic hydroxyl groups excluding tert-OH is 1.